The number of hydrogen-bond acceptors (Lipinski definition) is 3. The van der Waals surface area contributed by atoms with E-state index < -0.39 is 6.10 Å². The highest BCUT2D eigenvalue weighted by atomic mass is 19.1. The maximum absolute atomic E-state index is 13.0. The average Bonchev–Trinajstić information content (AvgIpc) is 3.02. The molecule has 23 heavy (non-hydrogen) atoms. The zero-order valence-corrected chi connectivity index (χ0v) is 13.6. The fourth-order valence-electron chi connectivity index (χ4n) is 3.73. The molecule has 2 unspecified atom stereocenters. The molecule has 1 aromatic carbocycles. The van der Waals surface area contributed by atoms with E-state index in [0.717, 1.165) is 37.9 Å². The maximum atomic E-state index is 13.0. The minimum absolute atomic E-state index is 0.124. The third kappa shape index (κ3) is 3.40. The summed E-state index contributed by atoms with van der Waals surface area (Å²) >= 11 is 0. The van der Waals surface area contributed by atoms with E-state index in [1.54, 1.807) is 12.1 Å². The van der Waals surface area contributed by atoms with Gasteiger partial charge in [0.15, 0.2) is 0 Å². The smallest absolute Gasteiger partial charge is 0.229 e. The average molecular weight is 320 g/mol. The molecule has 0 bridgehead atoms. The van der Waals surface area contributed by atoms with Gasteiger partial charge in [0.05, 0.1) is 11.5 Å². The third-order valence-electron chi connectivity index (χ3n) is 5.37. The van der Waals surface area contributed by atoms with Gasteiger partial charge in [0.1, 0.15) is 5.82 Å². The lowest BCUT2D eigenvalue weighted by Crippen LogP contribution is -2.47. The SMILES string of the molecule is CC1(C(=O)N2CCC(C(O)c3ccc(F)cc3)CC2)CCNC1. The molecule has 0 spiro atoms. The Morgan fingerprint density at radius 3 is 2.57 bits per heavy atom. The second-order valence-corrected chi connectivity index (χ2v) is 7.11. The summed E-state index contributed by atoms with van der Waals surface area (Å²) in [6.45, 7) is 5.08. The van der Waals surface area contributed by atoms with Crippen molar-refractivity contribution in [3.05, 3.63) is 35.6 Å². The van der Waals surface area contributed by atoms with E-state index in [4.69, 9.17) is 0 Å². The molecule has 2 fully saturated rings. The first-order valence-corrected chi connectivity index (χ1v) is 8.43. The van der Waals surface area contributed by atoms with Crippen LogP contribution in [0.4, 0.5) is 4.39 Å². The minimum Gasteiger partial charge on any atom is -0.388 e. The number of aliphatic hydroxyl groups excluding tert-OH is 1. The molecule has 0 radical (unpaired) electrons. The number of carbonyl (C=O) groups excluding carboxylic acids is 1. The summed E-state index contributed by atoms with van der Waals surface area (Å²) in [5.74, 6) is 0.0658. The number of aliphatic hydroxyl groups is 1. The fourth-order valence-corrected chi connectivity index (χ4v) is 3.73. The van der Waals surface area contributed by atoms with E-state index in [1.807, 2.05) is 11.8 Å². The number of piperidine rings is 1. The van der Waals surface area contributed by atoms with Crippen LogP contribution in [0.1, 0.15) is 37.9 Å². The van der Waals surface area contributed by atoms with Crippen molar-refractivity contribution in [2.24, 2.45) is 11.3 Å². The van der Waals surface area contributed by atoms with Crippen molar-refractivity contribution < 1.29 is 14.3 Å². The second-order valence-electron chi connectivity index (χ2n) is 7.11. The minimum atomic E-state index is -0.586. The van der Waals surface area contributed by atoms with E-state index >= 15 is 0 Å². The van der Waals surface area contributed by atoms with Gasteiger partial charge in [-0.1, -0.05) is 12.1 Å². The molecule has 1 aromatic rings. The molecule has 2 atom stereocenters. The van der Waals surface area contributed by atoms with Gasteiger partial charge in [-0.2, -0.15) is 0 Å². The molecule has 126 valence electrons. The van der Waals surface area contributed by atoms with E-state index in [0.29, 0.717) is 13.1 Å². The lowest BCUT2D eigenvalue weighted by Gasteiger charge is -2.38. The molecule has 4 nitrogen and oxygen atoms in total. The van der Waals surface area contributed by atoms with Crippen molar-refractivity contribution >= 4 is 5.91 Å². The van der Waals surface area contributed by atoms with Gasteiger partial charge < -0.3 is 15.3 Å². The topological polar surface area (TPSA) is 52.6 Å². The zero-order valence-electron chi connectivity index (χ0n) is 13.6. The zero-order chi connectivity index (χ0) is 16.4. The maximum Gasteiger partial charge on any atom is 0.229 e. The molecule has 2 N–H and O–H groups in total. The van der Waals surface area contributed by atoms with Crippen molar-refractivity contribution in [1.82, 2.24) is 10.2 Å². The van der Waals surface area contributed by atoms with Crippen molar-refractivity contribution in [3.8, 4) is 0 Å². The number of nitrogens with zero attached hydrogens (tertiary/aromatic N) is 1. The number of hydrogen-bond donors (Lipinski definition) is 2. The molecule has 2 aliphatic heterocycles. The first-order valence-electron chi connectivity index (χ1n) is 8.43. The van der Waals surface area contributed by atoms with Crippen molar-refractivity contribution in [2.45, 2.75) is 32.3 Å². The molecule has 0 aliphatic carbocycles. The lowest BCUT2D eigenvalue weighted by atomic mass is 9.84. The Kier molecular flexibility index (Phi) is 4.69. The number of carbonyl (C=O) groups is 1. The summed E-state index contributed by atoms with van der Waals surface area (Å²) in [5, 5.41) is 13.8. The van der Waals surface area contributed by atoms with Gasteiger partial charge in [-0.05, 0) is 56.3 Å². The number of amides is 1. The highest BCUT2D eigenvalue weighted by Crippen LogP contribution is 2.33. The summed E-state index contributed by atoms with van der Waals surface area (Å²) in [5.41, 5.74) is 0.478. The first kappa shape index (κ1) is 16.4. The van der Waals surface area contributed by atoms with Gasteiger partial charge in [0.2, 0.25) is 5.91 Å². The summed E-state index contributed by atoms with van der Waals surface area (Å²) in [4.78, 5) is 14.6. The standard InChI is InChI=1S/C18H25FN2O2/c1-18(8-9-20-12-18)17(23)21-10-6-14(7-11-21)16(22)13-2-4-15(19)5-3-13/h2-5,14,16,20,22H,6-12H2,1H3. The van der Waals surface area contributed by atoms with Crippen molar-refractivity contribution in [2.75, 3.05) is 26.2 Å². The second kappa shape index (κ2) is 6.57. The molecule has 5 heteroatoms. The number of benzene rings is 1. The van der Waals surface area contributed by atoms with Crippen LogP contribution in [0.15, 0.2) is 24.3 Å². The van der Waals surface area contributed by atoms with Gasteiger partial charge in [-0.25, -0.2) is 4.39 Å². The van der Waals surface area contributed by atoms with Crippen LogP contribution in [0.5, 0.6) is 0 Å². The normalized spacial score (nSPS) is 27.2. The predicted molar refractivity (Wildman–Crippen MR) is 86.3 cm³/mol. The third-order valence-corrected chi connectivity index (χ3v) is 5.37. The largest absolute Gasteiger partial charge is 0.388 e. The Labute approximate surface area is 136 Å². The Morgan fingerprint density at radius 1 is 1.35 bits per heavy atom. The molecule has 2 heterocycles. The van der Waals surface area contributed by atoms with Gasteiger partial charge >= 0.3 is 0 Å². The number of rotatable bonds is 3. The van der Waals surface area contributed by atoms with Crippen LogP contribution in [-0.2, 0) is 4.79 Å². The number of likely N-dealkylation sites (tertiary alicyclic amines) is 1. The molecule has 0 saturated carbocycles. The van der Waals surface area contributed by atoms with Gasteiger partial charge in [0.25, 0.3) is 0 Å². The Balaban J connectivity index is 1.57. The van der Waals surface area contributed by atoms with E-state index in [1.165, 1.54) is 12.1 Å². The van der Waals surface area contributed by atoms with Gasteiger partial charge in [-0.15, -0.1) is 0 Å². The molecule has 0 aromatic heterocycles. The van der Waals surface area contributed by atoms with Crippen LogP contribution in [-0.4, -0.2) is 42.1 Å². The monoisotopic (exact) mass is 320 g/mol. The Bertz CT molecular complexity index is 547. The quantitative estimate of drug-likeness (QED) is 0.897. The van der Waals surface area contributed by atoms with Crippen molar-refractivity contribution in [3.63, 3.8) is 0 Å². The molecular weight excluding hydrogens is 295 g/mol. The number of nitrogens with one attached hydrogen (secondary N) is 1. The summed E-state index contributed by atoms with van der Waals surface area (Å²) in [6.07, 6.45) is 1.88. The molecule has 3 rings (SSSR count). The lowest BCUT2D eigenvalue weighted by molar-refractivity contribution is -0.142. The number of halogens is 1. The molecule has 2 aliphatic rings. The van der Waals surface area contributed by atoms with Gasteiger partial charge in [-0.3, -0.25) is 4.79 Å². The van der Waals surface area contributed by atoms with Crippen LogP contribution in [0.25, 0.3) is 0 Å². The van der Waals surface area contributed by atoms with Crippen LogP contribution < -0.4 is 5.32 Å². The van der Waals surface area contributed by atoms with Gasteiger partial charge in [0, 0.05) is 19.6 Å². The summed E-state index contributed by atoms with van der Waals surface area (Å²) < 4.78 is 13.0. The predicted octanol–water partition coefficient (Wildman–Crippen LogP) is 2.10. The summed E-state index contributed by atoms with van der Waals surface area (Å²) in [6, 6.07) is 6.04. The molecule has 2 saturated heterocycles. The molecular formula is C18H25FN2O2. The Hall–Kier alpha value is -1.46. The van der Waals surface area contributed by atoms with Crippen molar-refractivity contribution in [1.29, 1.82) is 0 Å². The van der Waals surface area contributed by atoms with E-state index in [-0.39, 0.29) is 23.1 Å². The van der Waals surface area contributed by atoms with Crippen LogP contribution >= 0.6 is 0 Å². The van der Waals surface area contributed by atoms with Crippen LogP contribution in [0.3, 0.4) is 0 Å². The first-order chi connectivity index (χ1) is 11.0. The molecule has 1 amide bonds. The van der Waals surface area contributed by atoms with Crippen LogP contribution in [0, 0.1) is 17.2 Å². The van der Waals surface area contributed by atoms with E-state index in [2.05, 4.69) is 5.32 Å². The fraction of sp³-hybridized carbons (Fsp3) is 0.611. The highest BCUT2D eigenvalue weighted by molar-refractivity contribution is 5.83. The summed E-state index contributed by atoms with van der Waals surface area (Å²) in [7, 11) is 0. The highest BCUT2D eigenvalue weighted by Gasteiger charge is 2.40. The Morgan fingerprint density at radius 2 is 2.00 bits per heavy atom. The van der Waals surface area contributed by atoms with Crippen LogP contribution in [0.2, 0.25) is 0 Å². The van der Waals surface area contributed by atoms with E-state index in [9.17, 15) is 14.3 Å².